The topological polar surface area (TPSA) is 72.2 Å². The highest BCUT2D eigenvalue weighted by Crippen LogP contribution is 2.31. The molecular formula is C17H10Cl2N2O3S. The number of anilines is 2. The van der Waals surface area contributed by atoms with Crippen molar-refractivity contribution in [3.8, 4) is 0 Å². The molecule has 126 valence electrons. The molecule has 0 aliphatic rings. The van der Waals surface area contributed by atoms with Crippen molar-refractivity contribution in [2.75, 3.05) is 5.32 Å². The van der Waals surface area contributed by atoms with E-state index in [1.807, 2.05) is 0 Å². The van der Waals surface area contributed by atoms with E-state index in [-0.39, 0.29) is 16.5 Å². The van der Waals surface area contributed by atoms with Gasteiger partial charge in [0, 0.05) is 22.7 Å². The summed E-state index contributed by atoms with van der Waals surface area (Å²) in [6.45, 7) is 0. The highest BCUT2D eigenvalue weighted by molar-refractivity contribution is 7.12. The summed E-state index contributed by atoms with van der Waals surface area (Å²) in [5, 5.41) is 16.4. The second kappa shape index (κ2) is 7.23. The molecule has 1 heterocycles. The molecule has 0 atom stereocenters. The van der Waals surface area contributed by atoms with Gasteiger partial charge in [0.1, 0.15) is 5.69 Å². The monoisotopic (exact) mass is 392 g/mol. The molecule has 0 bridgehead atoms. The molecule has 1 N–H and O–H groups in total. The molecule has 0 fully saturated rings. The van der Waals surface area contributed by atoms with Crippen LogP contribution in [0.2, 0.25) is 10.0 Å². The number of para-hydroxylation sites is 2. The second-order valence-corrected chi connectivity index (χ2v) is 6.81. The van der Waals surface area contributed by atoms with Crippen molar-refractivity contribution in [2.45, 2.75) is 0 Å². The molecule has 0 amide bonds. The predicted octanol–water partition coefficient (Wildman–Crippen LogP) is 5.94. The van der Waals surface area contributed by atoms with E-state index in [1.165, 1.54) is 17.4 Å². The van der Waals surface area contributed by atoms with Crippen LogP contribution in [0.25, 0.3) is 0 Å². The smallest absolute Gasteiger partial charge is 0.292 e. The number of hydrogen-bond acceptors (Lipinski definition) is 5. The van der Waals surface area contributed by atoms with Crippen molar-refractivity contribution in [3.63, 3.8) is 0 Å². The maximum atomic E-state index is 12.5. The zero-order valence-corrected chi connectivity index (χ0v) is 14.9. The highest BCUT2D eigenvalue weighted by Gasteiger charge is 2.17. The van der Waals surface area contributed by atoms with Crippen LogP contribution in [0.1, 0.15) is 15.2 Å². The molecule has 25 heavy (non-hydrogen) atoms. The van der Waals surface area contributed by atoms with Crippen LogP contribution in [0, 0.1) is 10.1 Å². The SMILES string of the molecule is O=C(c1cc(Cl)cs1)c1ccc(Nc2ccccc2[N+](=O)[O-])cc1Cl. The van der Waals surface area contributed by atoms with Crippen molar-refractivity contribution in [1.29, 1.82) is 0 Å². The summed E-state index contributed by atoms with van der Waals surface area (Å²) in [7, 11) is 0. The Hall–Kier alpha value is -2.41. The molecule has 8 heteroatoms. The normalized spacial score (nSPS) is 10.5. The van der Waals surface area contributed by atoms with Gasteiger partial charge in [0.25, 0.3) is 5.69 Å². The van der Waals surface area contributed by atoms with Gasteiger partial charge in [0.05, 0.1) is 19.8 Å². The van der Waals surface area contributed by atoms with Crippen LogP contribution >= 0.6 is 34.5 Å². The van der Waals surface area contributed by atoms with E-state index < -0.39 is 4.92 Å². The highest BCUT2D eigenvalue weighted by atomic mass is 35.5. The van der Waals surface area contributed by atoms with Gasteiger partial charge in [0.15, 0.2) is 0 Å². The third-order valence-corrected chi connectivity index (χ3v) is 4.97. The first-order valence-corrected chi connectivity index (χ1v) is 8.68. The van der Waals surface area contributed by atoms with Crippen molar-refractivity contribution in [2.24, 2.45) is 0 Å². The van der Waals surface area contributed by atoms with Crippen LogP contribution in [0.5, 0.6) is 0 Å². The standard InChI is InChI=1S/C17H10Cl2N2O3S/c18-10-7-16(25-9-10)17(22)12-6-5-11(8-13(12)19)20-14-3-1-2-4-15(14)21(23)24/h1-9,20H. The number of thiophene rings is 1. The number of rotatable bonds is 5. The molecule has 5 nitrogen and oxygen atoms in total. The van der Waals surface area contributed by atoms with Crippen LogP contribution in [-0.2, 0) is 0 Å². The lowest BCUT2D eigenvalue weighted by molar-refractivity contribution is -0.383. The molecule has 1 aromatic heterocycles. The Kier molecular flexibility index (Phi) is 5.03. The van der Waals surface area contributed by atoms with Gasteiger partial charge >= 0.3 is 0 Å². The van der Waals surface area contributed by atoms with E-state index >= 15 is 0 Å². The van der Waals surface area contributed by atoms with Crippen molar-refractivity contribution in [1.82, 2.24) is 0 Å². The van der Waals surface area contributed by atoms with E-state index in [1.54, 1.807) is 47.8 Å². The number of ketones is 1. The Morgan fingerprint density at radius 2 is 1.88 bits per heavy atom. The first-order valence-electron chi connectivity index (χ1n) is 7.04. The lowest BCUT2D eigenvalue weighted by atomic mass is 10.1. The number of nitrogens with zero attached hydrogens (tertiary/aromatic N) is 1. The molecule has 0 saturated carbocycles. The summed E-state index contributed by atoms with van der Waals surface area (Å²) in [6.07, 6.45) is 0. The Balaban J connectivity index is 1.88. The maximum absolute atomic E-state index is 12.5. The van der Waals surface area contributed by atoms with E-state index in [0.717, 1.165) is 0 Å². The Morgan fingerprint density at radius 3 is 2.52 bits per heavy atom. The summed E-state index contributed by atoms with van der Waals surface area (Å²) in [5.74, 6) is -0.223. The third kappa shape index (κ3) is 3.82. The van der Waals surface area contributed by atoms with Crippen LogP contribution in [-0.4, -0.2) is 10.7 Å². The van der Waals surface area contributed by atoms with Crippen LogP contribution in [0.4, 0.5) is 17.1 Å². The average Bonchev–Trinajstić information content (AvgIpc) is 3.01. The summed E-state index contributed by atoms with van der Waals surface area (Å²) < 4.78 is 0. The van der Waals surface area contributed by atoms with Gasteiger partial charge in [-0.25, -0.2) is 0 Å². The van der Waals surface area contributed by atoms with Crippen molar-refractivity contribution >= 4 is 57.4 Å². The number of nitro groups is 1. The van der Waals surface area contributed by atoms with Gasteiger partial charge in [-0.2, -0.15) is 0 Å². The summed E-state index contributed by atoms with van der Waals surface area (Å²) in [6, 6.07) is 12.6. The molecular weight excluding hydrogens is 383 g/mol. The largest absolute Gasteiger partial charge is 0.350 e. The zero-order valence-electron chi connectivity index (χ0n) is 12.5. The molecule has 3 rings (SSSR count). The van der Waals surface area contributed by atoms with E-state index in [0.29, 0.717) is 26.8 Å². The minimum absolute atomic E-state index is 0.0491. The summed E-state index contributed by atoms with van der Waals surface area (Å²) in [5.41, 5.74) is 1.17. The molecule has 0 spiro atoms. The van der Waals surface area contributed by atoms with E-state index in [2.05, 4.69) is 5.32 Å². The molecule has 2 aromatic carbocycles. The van der Waals surface area contributed by atoms with Gasteiger partial charge in [0.2, 0.25) is 5.78 Å². The van der Waals surface area contributed by atoms with E-state index in [4.69, 9.17) is 23.2 Å². The maximum Gasteiger partial charge on any atom is 0.292 e. The summed E-state index contributed by atoms with van der Waals surface area (Å²) in [4.78, 5) is 23.5. The third-order valence-electron chi connectivity index (χ3n) is 3.38. The number of nitro benzene ring substituents is 1. The molecule has 0 unspecified atom stereocenters. The number of hydrogen-bond donors (Lipinski definition) is 1. The number of halogens is 2. The quantitative estimate of drug-likeness (QED) is 0.331. The Morgan fingerprint density at radius 1 is 1.12 bits per heavy atom. The number of nitrogens with one attached hydrogen (secondary N) is 1. The summed E-state index contributed by atoms with van der Waals surface area (Å²) >= 11 is 13.3. The van der Waals surface area contributed by atoms with Gasteiger partial charge in [-0.3, -0.25) is 14.9 Å². The van der Waals surface area contributed by atoms with E-state index in [9.17, 15) is 14.9 Å². The van der Waals surface area contributed by atoms with Gasteiger partial charge in [-0.15, -0.1) is 11.3 Å². The second-order valence-electron chi connectivity index (χ2n) is 5.05. The molecule has 0 aliphatic heterocycles. The van der Waals surface area contributed by atoms with Crippen LogP contribution in [0.3, 0.4) is 0 Å². The molecule has 0 saturated heterocycles. The zero-order chi connectivity index (χ0) is 18.0. The molecule has 3 aromatic rings. The van der Waals surface area contributed by atoms with Crippen LogP contribution in [0.15, 0.2) is 53.9 Å². The number of carbonyl (C=O) groups excluding carboxylic acids is 1. The number of benzene rings is 2. The fraction of sp³-hybridized carbons (Fsp3) is 0. The molecule has 0 radical (unpaired) electrons. The Bertz CT molecular complexity index is 972. The van der Waals surface area contributed by atoms with Crippen molar-refractivity contribution < 1.29 is 9.72 Å². The van der Waals surface area contributed by atoms with Crippen molar-refractivity contribution in [3.05, 3.63) is 84.5 Å². The van der Waals surface area contributed by atoms with Gasteiger partial charge < -0.3 is 5.32 Å². The fourth-order valence-corrected chi connectivity index (χ4v) is 3.53. The van der Waals surface area contributed by atoms with Crippen LogP contribution < -0.4 is 5.32 Å². The lowest BCUT2D eigenvalue weighted by Crippen LogP contribution is -2.01. The Labute approximate surface area is 157 Å². The first kappa shape index (κ1) is 17.4. The first-order chi connectivity index (χ1) is 12.0. The predicted molar refractivity (Wildman–Crippen MR) is 101 cm³/mol. The minimum Gasteiger partial charge on any atom is -0.350 e. The lowest BCUT2D eigenvalue weighted by Gasteiger charge is -2.09. The van der Waals surface area contributed by atoms with Gasteiger partial charge in [-0.1, -0.05) is 35.3 Å². The van der Waals surface area contributed by atoms with Gasteiger partial charge in [-0.05, 0) is 30.3 Å². The number of carbonyl (C=O) groups is 1. The average molecular weight is 393 g/mol. The fourth-order valence-electron chi connectivity index (χ4n) is 2.24. The minimum atomic E-state index is -0.470. The molecule has 0 aliphatic carbocycles.